The van der Waals surface area contributed by atoms with Crippen LogP contribution in [0, 0.1) is 0 Å². The quantitative estimate of drug-likeness (QED) is 0.773. The van der Waals surface area contributed by atoms with Crippen LogP contribution in [0.3, 0.4) is 0 Å². The zero-order valence-corrected chi connectivity index (χ0v) is 8.55. The van der Waals surface area contributed by atoms with Gasteiger partial charge in [-0.25, -0.2) is 6.07 Å². The zero-order chi connectivity index (χ0) is 10.7. The third kappa shape index (κ3) is 1.90. The van der Waals surface area contributed by atoms with Crippen LogP contribution in [-0.4, -0.2) is 12.2 Å². The molecule has 1 unspecified atom stereocenters. The molecule has 0 heterocycles. The summed E-state index contributed by atoms with van der Waals surface area (Å²) in [6.07, 6.45) is -0.615. The van der Waals surface area contributed by atoms with Gasteiger partial charge in [-0.05, 0) is 6.07 Å². The maximum absolute atomic E-state index is 10.1. The summed E-state index contributed by atoms with van der Waals surface area (Å²) in [5.74, 6) is 0.714. The van der Waals surface area contributed by atoms with E-state index in [9.17, 15) is 5.11 Å². The highest BCUT2D eigenvalue weighted by Gasteiger charge is 2.09. The molecule has 1 N–H and O–H groups in total. The Labute approximate surface area is 89.1 Å². The molecule has 0 spiro atoms. The second-order valence-corrected chi connectivity index (χ2v) is 3.36. The van der Waals surface area contributed by atoms with Gasteiger partial charge in [0, 0.05) is 5.56 Å². The fraction of sp³-hybridized carbons (Fsp3) is 0.154. The van der Waals surface area contributed by atoms with E-state index in [4.69, 9.17) is 4.74 Å². The van der Waals surface area contributed by atoms with Gasteiger partial charge in [0.15, 0.2) is 0 Å². The summed E-state index contributed by atoms with van der Waals surface area (Å²) >= 11 is 0. The van der Waals surface area contributed by atoms with Gasteiger partial charge in [-0.1, -0.05) is 18.2 Å². The first kappa shape index (κ1) is 9.87. The molecule has 0 radical (unpaired) electrons. The Kier molecular flexibility index (Phi) is 2.79. The van der Waals surface area contributed by atoms with Crippen molar-refractivity contribution in [3.8, 4) is 5.75 Å². The van der Waals surface area contributed by atoms with E-state index in [1.54, 1.807) is 7.11 Å². The number of benzene rings is 1. The summed E-state index contributed by atoms with van der Waals surface area (Å²) < 4.78 is 5.20. The first-order chi connectivity index (χ1) is 7.33. The molecule has 1 atom stereocenters. The average molecular weight is 201 g/mol. The molecule has 15 heavy (non-hydrogen) atoms. The van der Waals surface area contributed by atoms with Gasteiger partial charge >= 0.3 is 0 Å². The largest absolute Gasteiger partial charge is 0.496 e. The third-order valence-electron chi connectivity index (χ3n) is 2.44. The van der Waals surface area contributed by atoms with Crippen molar-refractivity contribution in [3.05, 3.63) is 59.7 Å². The summed E-state index contributed by atoms with van der Waals surface area (Å²) in [7, 11) is 1.61. The van der Waals surface area contributed by atoms with Gasteiger partial charge in [0.1, 0.15) is 5.75 Å². The SMILES string of the molecule is COc1ccccc1C(O)c1cc[cH-]c1. The smallest absolute Gasteiger partial charge is 0.123 e. The lowest BCUT2D eigenvalue weighted by Gasteiger charge is -2.17. The van der Waals surface area contributed by atoms with Crippen molar-refractivity contribution in [1.82, 2.24) is 0 Å². The lowest BCUT2D eigenvalue weighted by Crippen LogP contribution is -2.00. The number of hydrogen-bond donors (Lipinski definition) is 1. The molecule has 0 fully saturated rings. The number of para-hydroxylation sites is 1. The Morgan fingerprint density at radius 2 is 2.07 bits per heavy atom. The van der Waals surface area contributed by atoms with Crippen LogP contribution in [0.5, 0.6) is 5.75 Å². The van der Waals surface area contributed by atoms with Crippen LogP contribution in [0.25, 0.3) is 0 Å². The minimum atomic E-state index is -0.615. The molecule has 2 aromatic carbocycles. The van der Waals surface area contributed by atoms with E-state index in [0.29, 0.717) is 5.75 Å². The normalized spacial score (nSPS) is 12.4. The van der Waals surface area contributed by atoms with Crippen LogP contribution < -0.4 is 4.74 Å². The molecular weight excluding hydrogens is 188 g/mol. The highest BCUT2D eigenvalue weighted by Crippen LogP contribution is 2.29. The van der Waals surface area contributed by atoms with Gasteiger partial charge < -0.3 is 9.84 Å². The monoisotopic (exact) mass is 201 g/mol. The predicted octanol–water partition coefficient (Wildman–Crippen LogP) is 2.50. The highest BCUT2D eigenvalue weighted by molar-refractivity contribution is 5.40. The Morgan fingerprint density at radius 1 is 1.27 bits per heavy atom. The van der Waals surface area contributed by atoms with Gasteiger partial charge in [0.05, 0.1) is 13.2 Å². The second-order valence-electron chi connectivity index (χ2n) is 3.36. The predicted molar refractivity (Wildman–Crippen MR) is 59.1 cm³/mol. The van der Waals surface area contributed by atoms with E-state index in [2.05, 4.69) is 0 Å². The molecule has 0 aliphatic rings. The molecule has 2 heteroatoms. The first-order valence-electron chi connectivity index (χ1n) is 4.85. The molecule has 0 amide bonds. The van der Waals surface area contributed by atoms with Crippen molar-refractivity contribution >= 4 is 0 Å². The Bertz CT molecular complexity index is 418. The van der Waals surface area contributed by atoms with Crippen molar-refractivity contribution in [2.75, 3.05) is 7.11 Å². The van der Waals surface area contributed by atoms with Crippen LogP contribution in [0.4, 0.5) is 0 Å². The van der Waals surface area contributed by atoms with Crippen LogP contribution in [0.15, 0.2) is 48.5 Å². The van der Waals surface area contributed by atoms with Crippen molar-refractivity contribution in [2.24, 2.45) is 0 Å². The van der Waals surface area contributed by atoms with E-state index in [1.165, 1.54) is 0 Å². The maximum Gasteiger partial charge on any atom is 0.123 e. The zero-order valence-electron chi connectivity index (χ0n) is 8.55. The van der Waals surface area contributed by atoms with E-state index in [0.717, 1.165) is 11.1 Å². The molecule has 0 saturated heterocycles. The van der Waals surface area contributed by atoms with E-state index in [-0.39, 0.29) is 0 Å². The number of aliphatic hydroxyl groups is 1. The summed E-state index contributed by atoms with van der Waals surface area (Å²) in [6.45, 7) is 0. The number of hydrogen-bond acceptors (Lipinski definition) is 2. The summed E-state index contributed by atoms with van der Waals surface area (Å²) in [4.78, 5) is 0. The Balaban J connectivity index is 2.37. The minimum Gasteiger partial charge on any atom is -0.496 e. The van der Waals surface area contributed by atoms with Crippen LogP contribution >= 0.6 is 0 Å². The molecule has 2 rings (SSSR count). The molecule has 78 valence electrons. The molecule has 0 aromatic heterocycles. The van der Waals surface area contributed by atoms with Crippen LogP contribution in [0.2, 0.25) is 0 Å². The minimum absolute atomic E-state index is 0.615. The van der Waals surface area contributed by atoms with Crippen molar-refractivity contribution < 1.29 is 9.84 Å². The fourth-order valence-corrected chi connectivity index (χ4v) is 1.64. The van der Waals surface area contributed by atoms with Gasteiger partial charge in [-0.2, -0.15) is 23.8 Å². The number of ether oxygens (including phenoxy) is 1. The van der Waals surface area contributed by atoms with E-state index >= 15 is 0 Å². The molecule has 0 saturated carbocycles. The van der Waals surface area contributed by atoms with Crippen molar-refractivity contribution in [2.45, 2.75) is 6.10 Å². The van der Waals surface area contributed by atoms with Gasteiger partial charge in [-0.3, -0.25) is 0 Å². The lowest BCUT2D eigenvalue weighted by molar-refractivity contribution is 0.215. The molecule has 0 bridgehead atoms. The van der Waals surface area contributed by atoms with Gasteiger partial charge in [0.2, 0.25) is 0 Å². The summed E-state index contributed by atoms with van der Waals surface area (Å²) in [5.41, 5.74) is 1.69. The number of aliphatic hydroxyl groups excluding tert-OH is 1. The molecule has 2 nitrogen and oxygen atoms in total. The third-order valence-corrected chi connectivity index (χ3v) is 2.44. The average Bonchev–Trinajstić information content (AvgIpc) is 2.81. The first-order valence-corrected chi connectivity index (χ1v) is 4.85. The van der Waals surface area contributed by atoms with Crippen LogP contribution in [-0.2, 0) is 0 Å². The van der Waals surface area contributed by atoms with Crippen LogP contribution in [0.1, 0.15) is 17.2 Å². The number of methoxy groups -OCH3 is 1. The van der Waals surface area contributed by atoms with E-state index < -0.39 is 6.10 Å². The lowest BCUT2D eigenvalue weighted by atomic mass is 10.0. The molecule has 2 aromatic rings. The fourth-order valence-electron chi connectivity index (χ4n) is 1.64. The Morgan fingerprint density at radius 3 is 2.73 bits per heavy atom. The van der Waals surface area contributed by atoms with Crippen molar-refractivity contribution in [1.29, 1.82) is 0 Å². The maximum atomic E-state index is 10.1. The highest BCUT2D eigenvalue weighted by atomic mass is 16.5. The standard InChI is InChI=1S/C13H13O2/c1-15-12-9-5-4-8-11(12)13(14)10-6-2-3-7-10/h2-9,13-14H,1H3/q-1. The second kappa shape index (κ2) is 4.24. The van der Waals surface area contributed by atoms with Crippen molar-refractivity contribution in [3.63, 3.8) is 0 Å². The van der Waals surface area contributed by atoms with E-state index in [1.807, 2.05) is 48.5 Å². The summed E-state index contributed by atoms with van der Waals surface area (Å²) in [6, 6.07) is 15.1. The molecule has 0 aliphatic heterocycles. The number of rotatable bonds is 3. The Hall–Kier alpha value is -1.67. The van der Waals surface area contributed by atoms with Gasteiger partial charge in [-0.15, -0.1) is 0 Å². The summed E-state index contributed by atoms with van der Waals surface area (Å²) in [5, 5.41) is 10.1. The topological polar surface area (TPSA) is 29.5 Å². The molecule has 0 aliphatic carbocycles. The van der Waals surface area contributed by atoms with Gasteiger partial charge in [0.25, 0.3) is 0 Å². The molecular formula is C13H13O2-.